The highest BCUT2D eigenvalue weighted by Crippen LogP contribution is 2.18. The molecule has 0 bridgehead atoms. The van der Waals surface area contributed by atoms with Gasteiger partial charge in [0, 0.05) is 12.6 Å². The Bertz CT molecular complexity index is 572. The largest absolute Gasteiger partial charge is 0.306 e. The van der Waals surface area contributed by atoms with Crippen LogP contribution in [0.15, 0.2) is 46.9 Å². The number of hydrogen-bond donors (Lipinski definition) is 1. The molecule has 0 amide bonds. The smallest absolute Gasteiger partial charge is 0.137 e. The molecule has 0 radical (unpaired) electrons. The monoisotopic (exact) mass is 325 g/mol. The molecular weight excluding hydrogens is 312 g/mol. The van der Waals surface area contributed by atoms with Crippen LogP contribution in [0, 0.1) is 11.6 Å². The lowest BCUT2D eigenvalue weighted by molar-refractivity contribution is 0.563. The zero-order valence-corrected chi connectivity index (χ0v) is 12.0. The lowest BCUT2D eigenvalue weighted by atomic mass is 10.1. The van der Waals surface area contributed by atoms with Gasteiger partial charge in [-0.25, -0.2) is 8.78 Å². The zero-order chi connectivity index (χ0) is 13.8. The van der Waals surface area contributed by atoms with Gasteiger partial charge in [0.25, 0.3) is 0 Å². The van der Waals surface area contributed by atoms with E-state index in [9.17, 15) is 8.78 Å². The van der Waals surface area contributed by atoms with Gasteiger partial charge >= 0.3 is 0 Å². The molecule has 0 saturated heterocycles. The zero-order valence-electron chi connectivity index (χ0n) is 10.5. The third kappa shape index (κ3) is 3.85. The summed E-state index contributed by atoms with van der Waals surface area (Å²) in [7, 11) is 0. The average molecular weight is 326 g/mol. The summed E-state index contributed by atoms with van der Waals surface area (Å²) >= 11 is 3.16. The minimum atomic E-state index is -0.276. The quantitative estimate of drug-likeness (QED) is 0.867. The third-order valence-electron chi connectivity index (χ3n) is 2.95. The molecule has 2 aromatic rings. The number of benzene rings is 2. The molecule has 1 atom stereocenters. The molecule has 19 heavy (non-hydrogen) atoms. The molecule has 1 nitrogen and oxygen atoms in total. The van der Waals surface area contributed by atoms with E-state index < -0.39 is 0 Å². The highest BCUT2D eigenvalue weighted by molar-refractivity contribution is 9.10. The Morgan fingerprint density at radius 3 is 2.63 bits per heavy atom. The topological polar surface area (TPSA) is 12.0 Å². The van der Waals surface area contributed by atoms with E-state index in [4.69, 9.17) is 0 Å². The van der Waals surface area contributed by atoms with Crippen molar-refractivity contribution in [1.82, 2.24) is 5.32 Å². The van der Waals surface area contributed by atoms with E-state index in [2.05, 4.69) is 21.2 Å². The van der Waals surface area contributed by atoms with Gasteiger partial charge in [0.15, 0.2) is 0 Å². The number of nitrogens with one attached hydrogen (secondary N) is 1. The van der Waals surface area contributed by atoms with Crippen LogP contribution in [0.2, 0.25) is 0 Å². The van der Waals surface area contributed by atoms with E-state index >= 15 is 0 Å². The average Bonchev–Trinajstić information content (AvgIpc) is 2.40. The van der Waals surface area contributed by atoms with Crippen molar-refractivity contribution >= 4 is 15.9 Å². The van der Waals surface area contributed by atoms with Gasteiger partial charge in [-0.15, -0.1) is 0 Å². The molecule has 0 aliphatic carbocycles. The van der Waals surface area contributed by atoms with Crippen LogP contribution in [0.4, 0.5) is 8.78 Å². The van der Waals surface area contributed by atoms with Crippen LogP contribution < -0.4 is 5.32 Å². The molecule has 0 aromatic heterocycles. The summed E-state index contributed by atoms with van der Waals surface area (Å²) in [5.41, 5.74) is 1.86. The first kappa shape index (κ1) is 14.2. The second kappa shape index (κ2) is 6.26. The first-order chi connectivity index (χ1) is 9.06. The van der Waals surface area contributed by atoms with E-state index in [1.165, 1.54) is 18.2 Å². The first-order valence-corrected chi connectivity index (χ1v) is 6.78. The van der Waals surface area contributed by atoms with Gasteiger partial charge < -0.3 is 5.32 Å². The van der Waals surface area contributed by atoms with Crippen LogP contribution in [0.25, 0.3) is 0 Å². The molecular formula is C15H14BrF2N. The Labute approximate surface area is 119 Å². The Morgan fingerprint density at radius 1 is 1.16 bits per heavy atom. The Balaban J connectivity index is 2.00. The van der Waals surface area contributed by atoms with Crippen LogP contribution in [0.1, 0.15) is 24.1 Å². The van der Waals surface area contributed by atoms with Crippen LogP contribution >= 0.6 is 15.9 Å². The SMILES string of the molecule is C[C@H](NCc1ccc(F)c(Br)c1)c1cccc(F)c1. The molecule has 0 fully saturated rings. The second-order valence-electron chi connectivity index (χ2n) is 4.41. The number of halogens is 3. The van der Waals surface area contributed by atoms with Crippen LogP contribution in [-0.2, 0) is 6.54 Å². The molecule has 0 unspecified atom stereocenters. The van der Waals surface area contributed by atoms with Crippen LogP contribution in [0.3, 0.4) is 0 Å². The Hall–Kier alpha value is -1.26. The maximum atomic E-state index is 13.1. The summed E-state index contributed by atoms with van der Waals surface area (Å²) in [6.07, 6.45) is 0. The molecule has 0 spiro atoms. The van der Waals surface area contributed by atoms with Crippen molar-refractivity contribution in [3.8, 4) is 0 Å². The molecule has 0 aliphatic heterocycles. The van der Waals surface area contributed by atoms with E-state index in [1.807, 2.05) is 13.0 Å². The fraction of sp³-hybridized carbons (Fsp3) is 0.200. The molecule has 1 N–H and O–H groups in total. The first-order valence-electron chi connectivity index (χ1n) is 5.99. The normalized spacial score (nSPS) is 12.4. The predicted octanol–water partition coefficient (Wildman–Crippen LogP) is 4.58. The fourth-order valence-electron chi connectivity index (χ4n) is 1.81. The second-order valence-corrected chi connectivity index (χ2v) is 5.26. The highest BCUT2D eigenvalue weighted by atomic mass is 79.9. The van der Waals surface area contributed by atoms with Gasteiger partial charge in [0.2, 0.25) is 0 Å². The standard InChI is InChI=1S/C15H14BrF2N/c1-10(12-3-2-4-13(17)8-12)19-9-11-5-6-15(18)14(16)7-11/h2-8,10,19H,9H2,1H3/t10-/m0/s1. The van der Waals surface area contributed by atoms with Gasteiger partial charge in [-0.2, -0.15) is 0 Å². The van der Waals surface area contributed by atoms with E-state index in [-0.39, 0.29) is 17.7 Å². The summed E-state index contributed by atoms with van der Waals surface area (Å²) < 4.78 is 26.7. The maximum Gasteiger partial charge on any atom is 0.137 e. The summed E-state index contributed by atoms with van der Waals surface area (Å²) in [5, 5.41) is 3.28. The fourth-order valence-corrected chi connectivity index (χ4v) is 2.24. The molecule has 0 aliphatic rings. The van der Waals surface area contributed by atoms with Gasteiger partial charge in [0.1, 0.15) is 11.6 Å². The van der Waals surface area contributed by atoms with Crippen LogP contribution in [-0.4, -0.2) is 0 Å². The molecule has 0 heterocycles. The van der Waals surface area contributed by atoms with Gasteiger partial charge in [-0.3, -0.25) is 0 Å². The van der Waals surface area contributed by atoms with E-state index in [0.717, 1.165) is 11.1 Å². The van der Waals surface area contributed by atoms with Gasteiger partial charge in [-0.1, -0.05) is 18.2 Å². The van der Waals surface area contributed by atoms with Crippen LogP contribution in [0.5, 0.6) is 0 Å². The summed E-state index contributed by atoms with van der Waals surface area (Å²) in [5.74, 6) is -0.516. The van der Waals surface area contributed by atoms with Crippen molar-refractivity contribution in [3.05, 3.63) is 69.7 Å². The Kier molecular flexibility index (Phi) is 4.66. The van der Waals surface area contributed by atoms with Crippen molar-refractivity contribution in [2.24, 2.45) is 0 Å². The number of hydrogen-bond acceptors (Lipinski definition) is 1. The van der Waals surface area contributed by atoms with E-state index in [0.29, 0.717) is 11.0 Å². The maximum absolute atomic E-state index is 13.1. The highest BCUT2D eigenvalue weighted by Gasteiger charge is 2.06. The molecule has 2 rings (SSSR count). The molecule has 4 heteroatoms. The van der Waals surface area contributed by atoms with Crippen molar-refractivity contribution in [2.75, 3.05) is 0 Å². The van der Waals surface area contributed by atoms with E-state index in [1.54, 1.807) is 18.2 Å². The summed E-state index contributed by atoms with van der Waals surface area (Å²) in [4.78, 5) is 0. The van der Waals surface area contributed by atoms with Crippen molar-refractivity contribution in [2.45, 2.75) is 19.5 Å². The molecule has 2 aromatic carbocycles. The molecule has 100 valence electrons. The van der Waals surface area contributed by atoms with Crippen molar-refractivity contribution in [1.29, 1.82) is 0 Å². The minimum Gasteiger partial charge on any atom is -0.306 e. The van der Waals surface area contributed by atoms with Gasteiger partial charge in [0.05, 0.1) is 4.47 Å². The predicted molar refractivity (Wildman–Crippen MR) is 75.8 cm³/mol. The lowest BCUT2D eigenvalue weighted by Gasteiger charge is -2.14. The lowest BCUT2D eigenvalue weighted by Crippen LogP contribution is -2.18. The third-order valence-corrected chi connectivity index (χ3v) is 3.55. The minimum absolute atomic E-state index is 0.0273. The van der Waals surface area contributed by atoms with Crippen molar-refractivity contribution < 1.29 is 8.78 Å². The Morgan fingerprint density at radius 2 is 1.95 bits per heavy atom. The number of rotatable bonds is 4. The molecule has 0 saturated carbocycles. The van der Waals surface area contributed by atoms with Gasteiger partial charge in [-0.05, 0) is 58.2 Å². The summed E-state index contributed by atoms with van der Waals surface area (Å²) in [6, 6.07) is 11.4. The van der Waals surface area contributed by atoms with Crippen molar-refractivity contribution in [3.63, 3.8) is 0 Å². The summed E-state index contributed by atoms with van der Waals surface area (Å²) in [6.45, 7) is 2.56.